The molecule has 1 fully saturated rings. The van der Waals surface area contributed by atoms with Gasteiger partial charge >= 0.3 is 0 Å². The van der Waals surface area contributed by atoms with Gasteiger partial charge in [0.05, 0.1) is 17.3 Å². The van der Waals surface area contributed by atoms with E-state index >= 15 is 0 Å². The van der Waals surface area contributed by atoms with Crippen LogP contribution in [0.25, 0.3) is 0 Å². The Hall–Kier alpha value is -2.52. The second kappa shape index (κ2) is 8.04. The quantitative estimate of drug-likeness (QED) is 0.442. The van der Waals surface area contributed by atoms with Gasteiger partial charge in [0.25, 0.3) is 11.9 Å². The number of anilines is 1. The third-order valence-electron chi connectivity index (χ3n) is 4.27. The van der Waals surface area contributed by atoms with Crippen molar-refractivity contribution in [1.82, 2.24) is 16.2 Å². The molecule has 0 bridgehead atoms. The first kappa shape index (κ1) is 18.8. The van der Waals surface area contributed by atoms with Gasteiger partial charge in [0, 0.05) is 11.0 Å². The summed E-state index contributed by atoms with van der Waals surface area (Å²) in [5.41, 5.74) is 5.98. The Balaban J connectivity index is 2.16. The third kappa shape index (κ3) is 4.31. The summed E-state index contributed by atoms with van der Waals surface area (Å²) in [6, 6.07) is 3.95. The second-order valence-electron chi connectivity index (χ2n) is 6.15. The lowest BCUT2D eigenvalue weighted by Crippen LogP contribution is -2.47. The maximum absolute atomic E-state index is 12.5. The van der Waals surface area contributed by atoms with Gasteiger partial charge in [0.2, 0.25) is 5.91 Å². The van der Waals surface area contributed by atoms with Gasteiger partial charge < -0.3 is 10.6 Å². The maximum Gasteiger partial charge on any atom is 0.254 e. The molecule has 2 amide bonds. The molecule has 0 aromatic heterocycles. The molecule has 0 saturated carbocycles. The van der Waals surface area contributed by atoms with Gasteiger partial charge in [-0.3, -0.25) is 19.7 Å². The van der Waals surface area contributed by atoms with Crippen molar-refractivity contribution in [3.63, 3.8) is 0 Å². The topological polar surface area (TPSA) is 125 Å². The minimum absolute atomic E-state index is 0.00308. The highest BCUT2D eigenvalue weighted by Crippen LogP contribution is 2.18. The van der Waals surface area contributed by atoms with E-state index < -0.39 is 29.0 Å². The Bertz CT molecular complexity index is 666. The Kier molecular flexibility index (Phi) is 6.05. The van der Waals surface area contributed by atoms with E-state index in [2.05, 4.69) is 21.5 Å². The van der Waals surface area contributed by atoms with Crippen molar-refractivity contribution in [3.8, 4) is 0 Å². The predicted octanol–water partition coefficient (Wildman–Crippen LogP) is 0.664. The van der Waals surface area contributed by atoms with Crippen LogP contribution in [-0.2, 0) is 4.79 Å². The van der Waals surface area contributed by atoms with E-state index in [4.69, 9.17) is 0 Å². The molecular weight excluding hydrogens is 326 g/mol. The Morgan fingerprint density at radius 3 is 2.64 bits per heavy atom. The van der Waals surface area contributed by atoms with Crippen LogP contribution < -0.4 is 21.5 Å². The van der Waals surface area contributed by atoms with E-state index in [0.29, 0.717) is 11.3 Å². The summed E-state index contributed by atoms with van der Waals surface area (Å²) in [5, 5.41) is 16.7. The zero-order valence-corrected chi connectivity index (χ0v) is 14.4. The molecule has 0 spiro atoms. The summed E-state index contributed by atoms with van der Waals surface area (Å²) in [5.74, 6) is -0.871. The van der Waals surface area contributed by atoms with Crippen LogP contribution in [0.1, 0.15) is 37.6 Å². The van der Waals surface area contributed by atoms with Gasteiger partial charge in [-0.2, -0.15) is 0 Å². The summed E-state index contributed by atoms with van der Waals surface area (Å²) < 4.78 is 0. The van der Waals surface area contributed by atoms with Gasteiger partial charge in [-0.05, 0) is 32.4 Å². The van der Waals surface area contributed by atoms with Crippen molar-refractivity contribution in [2.24, 2.45) is 0 Å². The monoisotopic (exact) mass is 349 g/mol. The number of nitrogens with one attached hydrogen (secondary N) is 4. The lowest BCUT2D eigenvalue weighted by molar-refractivity contribution is -0.522. The first-order valence-electron chi connectivity index (χ1n) is 8.20. The average Bonchev–Trinajstić information content (AvgIpc) is 2.97. The smallest absolute Gasteiger partial charge is 0.254 e. The Morgan fingerprint density at radius 1 is 1.32 bits per heavy atom. The standard InChI is InChI=1S/C16H23N5O4/c1-4-9(2)17-15(22)11-7-5-6-8-12(11)18-16(23)13-14(21(24)25)10(3)19-20-13/h5-10,13-14,19-20H,4H2,1-3H3,(H,17,22)(H,18,23). The summed E-state index contributed by atoms with van der Waals surface area (Å²) >= 11 is 0. The highest BCUT2D eigenvalue weighted by Gasteiger charge is 2.46. The zero-order chi connectivity index (χ0) is 18.6. The lowest BCUT2D eigenvalue weighted by atomic mass is 10.0. The van der Waals surface area contributed by atoms with Crippen LogP contribution in [0.15, 0.2) is 24.3 Å². The van der Waals surface area contributed by atoms with Gasteiger partial charge in [-0.25, -0.2) is 10.9 Å². The fourth-order valence-electron chi connectivity index (χ4n) is 2.61. The molecule has 25 heavy (non-hydrogen) atoms. The number of nitrogens with zero attached hydrogens (tertiary/aromatic N) is 1. The van der Waals surface area contributed by atoms with Crippen molar-refractivity contribution >= 4 is 17.5 Å². The molecule has 4 atom stereocenters. The van der Waals surface area contributed by atoms with Crippen molar-refractivity contribution in [2.75, 3.05) is 5.32 Å². The molecule has 1 aliphatic heterocycles. The summed E-state index contributed by atoms with van der Waals surface area (Å²) in [6.45, 7) is 5.47. The number of nitro groups is 1. The Labute approximate surface area is 145 Å². The van der Waals surface area contributed by atoms with Crippen molar-refractivity contribution in [3.05, 3.63) is 39.9 Å². The molecule has 1 aromatic carbocycles. The molecule has 9 heteroatoms. The van der Waals surface area contributed by atoms with Crippen LogP contribution in [0.4, 0.5) is 5.69 Å². The molecule has 0 radical (unpaired) electrons. The number of carbonyl (C=O) groups excluding carboxylic acids is 2. The molecule has 4 unspecified atom stereocenters. The number of hydrogen-bond acceptors (Lipinski definition) is 6. The minimum atomic E-state index is -1.10. The first-order valence-corrected chi connectivity index (χ1v) is 8.20. The molecule has 1 heterocycles. The maximum atomic E-state index is 12.5. The van der Waals surface area contributed by atoms with E-state index in [-0.39, 0.29) is 11.9 Å². The van der Waals surface area contributed by atoms with Crippen LogP contribution in [0, 0.1) is 10.1 Å². The summed E-state index contributed by atoms with van der Waals surface area (Å²) in [6.07, 6.45) is 0.778. The fourth-order valence-corrected chi connectivity index (χ4v) is 2.61. The lowest BCUT2D eigenvalue weighted by Gasteiger charge is -2.17. The van der Waals surface area contributed by atoms with Crippen LogP contribution in [0.3, 0.4) is 0 Å². The number of benzene rings is 1. The van der Waals surface area contributed by atoms with Crippen LogP contribution in [-0.4, -0.2) is 40.9 Å². The molecule has 136 valence electrons. The molecule has 1 saturated heterocycles. The molecule has 2 rings (SSSR count). The van der Waals surface area contributed by atoms with E-state index in [1.807, 2.05) is 13.8 Å². The van der Waals surface area contributed by atoms with E-state index in [1.165, 1.54) is 0 Å². The highest BCUT2D eigenvalue weighted by atomic mass is 16.6. The zero-order valence-electron chi connectivity index (χ0n) is 14.4. The molecule has 4 N–H and O–H groups in total. The van der Waals surface area contributed by atoms with Gasteiger partial charge in [0.1, 0.15) is 0 Å². The summed E-state index contributed by atoms with van der Waals surface area (Å²) in [4.78, 5) is 35.5. The minimum Gasteiger partial charge on any atom is -0.350 e. The van der Waals surface area contributed by atoms with E-state index in [1.54, 1.807) is 31.2 Å². The number of para-hydroxylation sites is 1. The van der Waals surface area contributed by atoms with Crippen LogP contribution in [0.2, 0.25) is 0 Å². The van der Waals surface area contributed by atoms with E-state index in [9.17, 15) is 19.7 Å². The Morgan fingerprint density at radius 2 is 2.00 bits per heavy atom. The normalized spacial score (nSPS) is 23.7. The predicted molar refractivity (Wildman–Crippen MR) is 92.6 cm³/mol. The molecular formula is C16H23N5O4. The average molecular weight is 349 g/mol. The van der Waals surface area contributed by atoms with Crippen LogP contribution >= 0.6 is 0 Å². The van der Waals surface area contributed by atoms with E-state index in [0.717, 1.165) is 6.42 Å². The number of carbonyl (C=O) groups is 2. The fraction of sp³-hybridized carbons (Fsp3) is 0.500. The van der Waals surface area contributed by atoms with Crippen molar-refractivity contribution < 1.29 is 14.5 Å². The van der Waals surface area contributed by atoms with Crippen molar-refractivity contribution in [2.45, 2.75) is 51.4 Å². The largest absolute Gasteiger partial charge is 0.350 e. The van der Waals surface area contributed by atoms with Crippen molar-refractivity contribution in [1.29, 1.82) is 0 Å². The highest BCUT2D eigenvalue weighted by molar-refractivity contribution is 6.05. The van der Waals surface area contributed by atoms with Gasteiger partial charge in [-0.15, -0.1) is 0 Å². The molecule has 0 aliphatic carbocycles. The number of amides is 2. The van der Waals surface area contributed by atoms with Gasteiger partial charge in [0.15, 0.2) is 6.04 Å². The third-order valence-corrected chi connectivity index (χ3v) is 4.27. The van der Waals surface area contributed by atoms with Gasteiger partial charge in [-0.1, -0.05) is 19.1 Å². The molecule has 9 nitrogen and oxygen atoms in total. The molecule has 1 aromatic rings. The summed E-state index contributed by atoms with van der Waals surface area (Å²) in [7, 11) is 0. The number of rotatable bonds is 6. The number of hydrogen-bond donors (Lipinski definition) is 4. The molecule has 1 aliphatic rings. The number of hydrazine groups is 1. The van der Waals surface area contributed by atoms with Crippen LogP contribution in [0.5, 0.6) is 0 Å². The SMILES string of the molecule is CCC(C)NC(=O)c1ccccc1NC(=O)C1NNC(C)C1[N+](=O)[O-]. The second-order valence-corrected chi connectivity index (χ2v) is 6.15. The first-order chi connectivity index (χ1) is 11.8.